The second-order valence-corrected chi connectivity index (χ2v) is 3.66. The van der Waals surface area contributed by atoms with Crippen LogP contribution in [0.3, 0.4) is 0 Å². The molecule has 2 N–H and O–H groups in total. The van der Waals surface area contributed by atoms with Gasteiger partial charge in [-0.3, -0.25) is 10.1 Å². The van der Waals surface area contributed by atoms with Gasteiger partial charge in [0.15, 0.2) is 11.6 Å². The average molecular weight is 264 g/mol. The highest BCUT2D eigenvalue weighted by molar-refractivity contribution is 5.44. The van der Waals surface area contributed by atoms with Crippen LogP contribution in [0.5, 0.6) is 11.6 Å². The third-order valence-corrected chi connectivity index (χ3v) is 2.31. The molecular weight excluding hydrogens is 255 g/mol. The lowest BCUT2D eigenvalue weighted by Crippen LogP contribution is -2.02. The number of hydrogen-bond acceptors (Lipinski definition) is 6. The maximum absolute atomic E-state index is 13.8. The predicted octanol–water partition coefficient (Wildman–Crippen LogP) is 2.21. The molecule has 1 aromatic carbocycles. The summed E-state index contributed by atoms with van der Waals surface area (Å²) in [4.78, 5) is 17.1. The zero-order valence-electron chi connectivity index (χ0n) is 9.83. The van der Waals surface area contributed by atoms with Crippen LogP contribution in [0.15, 0.2) is 24.4 Å². The summed E-state index contributed by atoms with van der Waals surface area (Å²) in [7, 11) is 0. The Labute approximate surface area is 107 Å². The smallest absolute Gasteiger partial charge is 0.349 e. The second kappa shape index (κ2) is 4.84. The van der Waals surface area contributed by atoms with Gasteiger partial charge in [0.05, 0.1) is 4.92 Å². The maximum atomic E-state index is 13.8. The van der Waals surface area contributed by atoms with E-state index in [2.05, 4.69) is 9.97 Å². The minimum Gasteiger partial charge on any atom is -0.430 e. The van der Waals surface area contributed by atoms with E-state index in [0.29, 0.717) is 5.56 Å². The van der Waals surface area contributed by atoms with Crippen molar-refractivity contribution in [2.75, 3.05) is 5.73 Å². The van der Waals surface area contributed by atoms with Crippen LogP contribution in [0.4, 0.5) is 16.0 Å². The number of hydrogen-bond donors (Lipinski definition) is 1. The summed E-state index contributed by atoms with van der Waals surface area (Å²) in [6, 6.07) is 4.44. The zero-order valence-corrected chi connectivity index (χ0v) is 9.83. The molecule has 1 aromatic heterocycles. The molecule has 0 atom stereocenters. The molecule has 0 saturated carbocycles. The molecule has 0 spiro atoms. The number of nitrogens with zero attached hydrogens (tertiary/aromatic N) is 3. The van der Waals surface area contributed by atoms with Crippen LogP contribution in [-0.4, -0.2) is 14.9 Å². The first kappa shape index (κ1) is 12.7. The van der Waals surface area contributed by atoms with Gasteiger partial charge >= 0.3 is 11.6 Å². The Morgan fingerprint density at radius 2 is 2.21 bits per heavy atom. The third kappa shape index (κ3) is 2.57. The van der Waals surface area contributed by atoms with E-state index in [-0.39, 0.29) is 11.7 Å². The fraction of sp³-hybridized carbons (Fsp3) is 0.0909. The Hall–Kier alpha value is -2.77. The van der Waals surface area contributed by atoms with Crippen molar-refractivity contribution in [2.45, 2.75) is 6.92 Å². The van der Waals surface area contributed by atoms with Gasteiger partial charge in [0, 0.05) is 0 Å². The second-order valence-electron chi connectivity index (χ2n) is 3.66. The highest BCUT2D eigenvalue weighted by Gasteiger charge is 2.20. The van der Waals surface area contributed by atoms with Gasteiger partial charge in [0.2, 0.25) is 5.95 Å². The van der Waals surface area contributed by atoms with Crippen molar-refractivity contribution in [3.8, 4) is 11.6 Å². The number of nitro groups is 1. The van der Waals surface area contributed by atoms with Crippen LogP contribution < -0.4 is 10.5 Å². The summed E-state index contributed by atoms with van der Waals surface area (Å²) in [6.45, 7) is 1.55. The van der Waals surface area contributed by atoms with Crippen molar-refractivity contribution in [3.05, 3.63) is 45.9 Å². The molecule has 19 heavy (non-hydrogen) atoms. The molecule has 0 aliphatic heterocycles. The van der Waals surface area contributed by atoms with Gasteiger partial charge in [-0.15, -0.1) is 0 Å². The molecule has 0 bridgehead atoms. The lowest BCUT2D eigenvalue weighted by molar-refractivity contribution is -0.386. The molecule has 2 aromatic rings. The minimum atomic E-state index is -0.734. The van der Waals surface area contributed by atoms with E-state index in [1.807, 2.05) is 0 Å². The summed E-state index contributed by atoms with van der Waals surface area (Å²) < 4.78 is 18.9. The Morgan fingerprint density at radius 3 is 2.89 bits per heavy atom. The number of nitrogen functional groups attached to an aromatic ring is 1. The Bertz CT molecular complexity index is 648. The van der Waals surface area contributed by atoms with Crippen LogP contribution in [0.25, 0.3) is 0 Å². The van der Waals surface area contributed by atoms with E-state index in [4.69, 9.17) is 10.5 Å². The standard InChI is InChI=1S/C11H9FN4O3/c1-6-3-2-4-8(9(6)12)19-10-7(16(17)18)5-14-11(13)15-10/h2-5H,1H3,(H2,13,14,15). The summed E-state index contributed by atoms with van der Waals surface area (Å²) in [6.07, 6.45) is 0.908. The van der Waals surface area contributed by atoms with Gasteiger partial charge in [0.25, 0.3) is 0 Å². The summed E-state index contributed by atoms with van der Waals surface area (Å²) in [5.74, 6) is -1.38. The van der Waals surface area contributed by atoms with E-state index in [1.54, 1.807) is 19.1 Å². The molecule has 2 rings (SSSR count). The monoisotopic (exact) mass is 264 g/mol. The average Bonchev–Trinajstić information content (AvgIpc) is 2.35. The first-order valence-electron chi connectivity index (χ1n) is 5.19. The van der Waals surface area contributed by atoms with Gasteiger partial charge < -0.3 is 10.5 Å². The molecule has 0 unspecified atom stereocenters. The molecular formula is C11H9FN4O3. The lowest BCUT2D eigenvalue weighted by atomic mass is 10.2. The molecule has 0 radical (unpaired) electrons. The quantitative estimate of drug-likeness (QED) is 0.673. The fourth-order valence-electron chi connectivity index (χ4n) is 1.38. The lowest BCUT2D eigenvalue weighted by Gasteiger charge is -2.07. The first-order valence-corrected chi connectivity index (χ1v) is 5.19. The summed E-state index contributed by atoms with van der Waals surface area (Å²) >= 11 is 0. The van der Waals surface area contributed by atoms with Crippen molar-refractivity contribution < 1.29 is 14.1 Å². The summed E-state index contributed by atoms with van der Waals surface area (Å²) in [5, 5.41) is 10.8. The molecule has 0 aliphatic rings. The topological polar surface area (TPSA) is 104 Å². The number of benzene rings is 1. The molecule has 0 fully saturated rings. The Kier molecular flexibility index (Phi) is 3.23. The maximum Gasteiger partial charge on any atom is 0.349 e. The van der Waals surface area contributed by atoms with Gasteiger partial charge in [0.1, 0.15) is 6.20 Å². The SMILES string of the molecule is Cc1cccc(Oc2nc(N)ncc2[N+](=O)[O-])c1F. The van der Waals surface area contributed by atoms with Crippen LogP contribution in [0, 0.1) is 22.9 Å². The number of rotatable bonds is 3. The van der Waals surface area contributed by atoms with Crippen LogP contribution in [-0.2, 0) is 0 Å². The number of ether oxygens (including phenoxy) is 1. The molecule has 98 valence electrons. The van der Waals surface area contributed by atoms with Gasteiger partial charge in [-0.25, -0.2) is 9.37 Å². The van der Waals surface area contributed by atoms with Crippen molar-refractivity contribution >= 4 is 11.6 Å². The number of aryl methyl sites for hydroxylation is 1. The van der Waals surface area contributed by atoms with E-state index in [1.165, 1.54) is 6.07 Å². The molecule has 7 nitrogen and oxygen atoms in total. The normalized spacial score (nSPS) is 10.2. The molecule has 1 heterocycles. The van der Waals surface area contributed by atoms with Crippen molar-refractivity contribution in [1.82, 2.24) is 9.97 Å². The van der Waals surface area contributed by atoms with Crippen molar-refractivity contribution in [2.24, 2.45) is 0 Å². The van der Waals surface area contributed by atoms with Crippen LogP contribution in [0.2, 0.25) is 0 Å². The summed E-state index contributed by atoms with van der Waals surface area (Å²) in [5.41, 5.74) is 5.19. The van der Waals surface area contributed by atoms with Crippen LogP contribution >= 0.6 is 0 Å². The number of nitrogens with two attached hydrogens (primary N) is 1. The van der Waals surface area contributed by atoms with E-state index in [9.17, 15) is 14.5 Å². The highest BCUT2D eigenvalue weighted by Crippen LogP contribution is 2.31. The van der Waals surface area contributed by atoms with E-state index >= 15 is 0 Å². The Morgan fingerprint density at radius 1 is 1.47 bits per heavy atom. The van der Waals surface area contributed by atoms with Gasteiger partial charge in [-0.1, -0.05) is 12.1 Å². The third-order valence-electron chi connectivity index (χ3n) is 2.31. The van der Waals surface area contributed by atoms with Gasteiger partial charge in [-0.2, -0.15) is 4.98 Å². The highest BCUT2D eigenvalue weighted by atomic mass is 19.1. The molecule has 0 amide bonds. The minimum absolute atomic E-state index is 0.166. The predicted molar refractivity (Wildman–Crippen MR) is 64.3 cm³/mol. The van der Waals surface area contributed by atoms with Crippen molar-refractivity contribution in [3.63, 3.8) is 0 Å². The van der Waals surface area contributed by atoms with Crippen molar-refractivity contribution in [1.29, 1.82) is 0 Å². The van der Waals surface area contributed by atoms with Gasteiger partial charge in [-0.05, 0) is 18.6 Å². The van der Waals surface area contributed by atoms with E-state index < -0.39 is 22.3 Å². The van der Waals surface area contributed by atoms with Crippen LogP contribution in [0.1, 0.15) is 5.56 Å². The molecule has 0 aliphatic carbocycles. The molecule has 8 heteroatoms. The fourth-order valence-corrected chi connectivity index (χ4v) is 1.38. The zero-order chi connectivity index (χ0) is 14.0. The largest absolute Gasteiger partial charge is 0.430 e. The van der Waals surface area contributed by atoms with E-state index in [0.717, 1.165) is 6.20 Å². The number of anilines is 1. The first-order chi connectivity index (χ1) is 8.99. The number of halogens is 1. The number of aromatic nitrogens is 2. The Balaban J connectivity index is 2.45. The molecule has 0 saturated heterocycles.